The van der Waals surface area contributed by atoms with E-state index in [0.29, 0.717) is 6.61 Å². The summed E-state index contributed by atoms with van der Waals surface area (Å²) in [6.07, 6.45) is 1.76. The maximum atomic E-state index is 5.71. The second-order valence-electron chi connectivity index (χ2n) is 4.18. The zero-order chi connectivity index (χ0) is 13.7. The van der Waals surface area contributed by atoms with Gasteiger partial charge in [0.2, 0.25) is 0 Å². The number of hydrogen-bond acceptors (Lipinski definition) is 3. The Morgan fingerprint density at radius 2 is 2.11 bits per heavy atom. The highest BCUT2D eigenvalue weighted by molar-refractivity contribution is 9.10. The van der Waals surface area contributed by atoms with Crippen LogP contribution in [0.15, 0.2) is 28.7 Å². The Kier molecular flexibility index (Phi) is 4.96. The molecule has 0 N–H and O–H groups in total. The Labute approximate surface area is 121 Å². The molecule has 0 amide bonds. The summed E-state index contributed by atoms with van der Waals surface area (Å²) in [5, 5.41) is 4.46. The Bertz CT molecular complexity index is 539. The number of aromatic nitrogens is 3. The van der Waals surface area contributed by atoms with Crippen LogP contribution in [0.5, 0.6) is 5.75 Å². The minimum Gasteiger partial charge on any atom is -0.492 e. The van der Waals surface area contributed by atoms with E-state index in [1.165, 1.54) is 0 Å². The summed E-state index contributed by atoms with van der Waals surface area (Å²) in [6.45, 7) is 5.48. The zero-order valence-corrected chi connectivity index (χ0v) is 12.9. The van der Waals surface area contributed by atoms with E-state index in [9.17, 15) is 0 Å². The van der Waals surface area contributed by atoms with Crippen molar-refractivity contribution in [3.05, 3.63) is 40.4 Å². The van der Waals surface area contributed by atoms with Crippen LogP contribution in [0.4, 0.5) is 0 Å². The Balaban J connectivity index is 1.93. The predicted molar refractivity (Wildman–Crippen MR) is 78.4 cm³/mol. The first kappa shape index (κ1) is 14.1. The smallest absolute Gasteiger partial charge is 0.150 e. The molecule has 102 valence electrons. The molecule has 0 radical (unpaired) electrons. The van der Waals surface area contributed by atoms with Crippen LogP contribution in [0.1, 0.15) is 25.5 Å². The fourth-order valence-corrected chi connectivity index (χ4v) is 2.20. The molecule has 4 nitrogen and oxygen atoms in total. The first-order valence-electron chi connectivity index (χ1n) is 6.54. The molecule has 0 bridgehead atoms. The van der Waals surface area contributed by atoms with E-state index in [1.54, 1.807) is 0 Å². The SMILES string of the molecule is CCc1nc(CC)n(CCOc2cccc(Br)c2)n1. The number of hydrogen-bond donors (Lipinski definition) is 0. The molecule has 19 heavy (non-hydrogen) atoms. The standard InChI is InChI=1S/C14H18BrN3O/c1-3-13-16-14(4-2)18(17-13)8-9-19-12-7-5-6-11(15)10-12/h5-7,10H,3-4,8-9H2,1-2H3. The molecule has 2 rings (SSSR count). The molecular weight excluding hydrogens is 306 g/mol. The molecule has 1 heterocycles. The Hall–Kier alpha value is -1.36. The summed E-state index contributed by atoms with van der Waals surface area (Å²) in [7, 11) is 0. The average molecular weight is 324 g/mol. The van der Waals surface area contributed by atoms with Crippen molar-refractivity contribution in [1.82, 2.24) is 14.8 Å². The van der Waals surface area contributed by atoms with Crippen LogP contribution in [-0.4, -0.2) is 21.4 Å². The van der Waals surface area contributed by atoms with Gasteiger partial charge in [0.1, 0.15) is 18.2 Å². The van der Waals surface area contributed by atoms with Gasteiger partial charge in [0.25, 0.3) is 0 Å². The number of halogens is 1. The van der Waals surface area contributed by atoms with Gasteiger partial charge < -0.3 is 4.74 Å². The van der Waals surface area contributed by atoms with Gasteiger partial charge in [-0.2, -0.15) is 5.10 Å². The van der Waals surface area contributed by atoms with E-state index >= 15 is 0 Å². The molecule has 1 aromatic heterocycles. The lowest BCUT2D eigenvalue weighted by atomic mass is 10.3. The third-order valence-electron chi connectivity index (χ3n) is 2.79. The number of ether oxygens (including phenoxy) is 1. The van der Waals surface area contributed by atoms with Gasteiger partial charge in [-0.25, -0.2) is 9.67 Å². The second-order valence-corrected chi connectivity index (χ2v) is 5.10. The molecule has 5 heteroatoms. The number of nitrogens with zero attached hydrogens (tertiary/aromatic N) is 3. The first-order chi connectivity index (χ1) is 9.22. The molecule has 0 fully saturated rings. The summed E-state index contributed by atoms with van der Waals surface area (Å²) in [5.41, 5.74) is 0. The van der Waals surface area contributed by atoms with Gasteiger partial charge in [0, 0.05) is 17.3 Å². The van der Waals surface area contributed by atoms with Gasteiger partial charge in [0.15, 0.2) is 5.82 Å². The molecular formula is C14H18BrN3O. The highest BCUT2D eigenvalue weighted by Gasteiger charge is 2.06. The summed E-state index contributed by atoms with van der Waals surface area (Å²) in [4.78, 5) is 4.48. The van der Waals surface area contributed by atoms with Crippen molar-refractivity contribution >= 4 is 15.9 Å². The van der Waals surface area contributed by atoms with Gasteiger partial charge in [-0.3, -0.25) is 0 Å². The van der Waals surface area contributed by atoms with Crippen molar-refractivity contribution < 1.29 is 4.74 Å². The Morgan fingerprint density at radius 3 is 2.79 bits per heavy atom. The highest BCUT2D eigenvalue weighted by atomic mass is 79.9. The highest BCUT2D eigenvalue weighted by Crippen LogP contribution is 2.17. The van der Waals surface area contributed by atoms with Gasteiger partial charge in [-0.05, 0) is 18.2 Å². The van der Waals surface area contributed by atoms with Gasteiger partial charge in [-0.1, -0.05) is 35.8 Å². The van der Waals surface area contributed by atoms with Crippen LogP contribution in [-0.2, 0) is 19.4 Å². The fraction of sp³-hybridized carbons (Fsp3) is 0.429. The summed E-state index contributed by atoms with van der Waals surface area (Å²) < 4.78 is 8.68. The van der Waals surface area contributed by atoms with Crippen molar-refractivity contribution in [2.24, 2.45) is 0 Å². The van der Waals surface area contributed by atoms with E-state index in [0.717, 1.165) is 41.3 Å². The lowest BCUT2D eigenvalue weighted by molar-refractivity contribution is 0.288. The van der Waals surface area contributed by atoms with E-state index < -0.39 is 0 Å². The maximum Gasteiger partial charge on any atom is 0.150 e. The van der Waals surface area contributed by atoms with Crippen molar-refractivity contribution in [3.63, 3.8) is 0 Å². The topological polar surface area (TPSA) is 39.9 Å². The summed E-state index contributed by atoms with van der Waals surface area (Å²) in [6, 6.07) is 7.85. The monoisotopic (exact) mass is 323 g/mol. The van der Waals surface area contributed by atoms with Crippen LogP contribution >= 0.6 is 15.9 Å². The molecule has 0 spiro atoms. The molecule has 0 aliphatic heterocycles. The van der Waals surface area contributed by atoms with E-state index in [2.05, 4.69) is 39.9 Å². The van der Waals surface area contributed by atoms with Crippen molar-refractivity contribution in [2.75, 3.05) is 6.61 Å². The number of rotatable bonds is 6. The molecule has 0 unspecified atom stereocenters. The normalized spacial score (nSPS) is 10.7. The lowest BCUT2D eigenvalue weighted by Crippen LogP contribution is -2.12. The van der Waals surface area contributed by atoms with Crippen LogP contribution in [0.3, 0.4) is 0 Å². The predicted octanol–water partition coefficient (Wildman–Crippen LogP) is 3.24. The van der Waals surface area contributed by atoms with Crippen LogP contribution in [0.2, 0.25) is 0 Å². The largest absolute Gasteiger partial charge is 0.492 e. The number of benzene rings is 1. The van der Waals surface area contributed by atoms with Gasteiger partial charge in [0.05, 0.1) is 6.54 Å². The zero-order valence-electron chi connectivity index (χ0n) is 11.3. The van der Waals surface area contributed by atoms with E-state index in [1.807, 2.05) is 28.9 Å². The maximum absolute atomic E-state index is 5.71. The molecule has 2 aromatic rings. The van der Waals surface area contributed by atoms with Crippen LogP contribution < -0.4 is 4.74 Å². The molecule has 0 aliphatic rings. The average Bonchev–Trinajstić information content (AvgIpc) is 2.81. The molecule has 1 aromatic carbocycles. The van der Waals surface area contributed by atoms with E-state index in [-0.39, 0.29) is 0 Å². The number of aryl methyl sites for hydroxylation is 2. The van der Waals surface area contributed by atoms with Crippen molar-refractivity contribution in [2.45, 2.75) is 33.2 Å². The molecule has 0 saturated carbocycles. The third-order valence-corrected chi connectivity index (χ3v) is 3.29. The van der Waals surface area contributed by atoms with Gasteiger partial charge in [-0.15, -0.1) is 0 Å². The van der Waals surface area contributed by atoms with Crippen molar-refractivity contribution in [1.29, 1.82) is 0 Å². The van der Waals surface area contributed by atoms with Gasteiger partial charge >= 0.3 is 0 Å². The second kappa shape index (κ2) is 6.70. The Morgan fingerprint density at radius 1 is 1.26 bits per heavy atom. The minimum atomic E-state index is 0.593. The first-order valence-corrected chi connectivity index (χ1v) is 7.33. The molecule has 0 atom stereocenters. The fourth-order valence-electron chi connectivity index (χ4n) is 1.82. The quantitative estimate of drug-likeness (QED) is 0.819. The van der Waals surface area contributed by atoms with E-state index in [4.69, 9.17) is 4.74 Å². The van der Waals surface area contributed by atoms with Crippen LogP contribution in [0, 0.1) is 0 Å². The molecule has 0 saturated heterocycles. The third kappa shape index (κ3) is 3.80. The minimum absolute atomic E-state index is 0.593. The van der Waals surface area contributed by atoms with Crippen molar-refractivity contribution in [3.8, 4) is 5.75 Å². The van der Waals surface area contributed by atoms with Crippen LogP contribution in [0.25, 0.3) is 0 Å². The lowest BCUT2D eigenvalue weighted by Gasteiger charge is -2.07. The summed E-state index contributed by atoms with van der Waals surface area (Å²) in [5.74, 6) is 2.79. The summed E-state index contributed by atoms with van der Waals surface area (Å²) >= 11 is 3.43. The molecule has 0 aliphatic carbocycles.